The lowest BCUT2D eigenvalue weighted by atomic mass is 9.84. The Labute approximate surface area is 190 Å². The molecule has 5 rings (SSSR count). The Bertz CT molecular complexity index is 1060. The van der Waals surface area contributed by atoms with Crippen LogP contribution < -0.4 is 4.90 Å². The third-order valence-corrected chi connectivity index (χ3v) is 9.93. The molecule has 1 spiro atoms. The number of hydrogen-bond donors (Lipinski definition) is 0. The molecule has 0 aromatic heterocycles. The molecule has 2 aromatic carbocycles. The van der Waals surface area contributed by atoms with Crippen LogP contribution in [0.4, 0.5) is 10.1 Å². The summed E-state index contributed by atoms with van der Waals surface area (Å²) in [6.45, 7) is 4.55. The van der Waals surface area contributed by atoms with E-state index in [2.05, 4.69) is 4.90 Å². The molecule has 3 fully saturated rings. The highest BCUT2D eigenvalue weighted by atomic mass is 32.2. The molecule has 0 radical (unpaired) electrons. The number of nitrogens with zero attached hydrogens (tertiary/aromatic N) is 2. The number of sulfonamides is 1. The molecule has 0 amide bonds. The maximum Gasteiger partial charge on any atom is 0.221 e. The van der Waals surface area contributed by atoms with Gasteiger partial charge in [0.15, 0.2) is 0 Å². The Morgan fingerprint density at radius 2 is 1.78 bits per heavy atom. The topological polar surface area (TPSA) is 49.9 Å². The van der Waals surface area contributed by atoms with Crippen LogP contribution in [0, 0.1) is 5.82 Å². The van der Waals surface area contributed by atoms with E-state index in [1.165, 1.54) is 4.31 Å². The van der Waals surface area contributed by atoms with Gasteiger partial charge in [0.25, 0.3) is 0 Å². The molecule has 3 heterocycles. The Hall–Kier alpha value is -1.96. The van der Waals surface area contributed by atoms with E-state index in [0.717, 1.165) is 56.6 Å². The maximum atomic E-state index is 15.1. The van der Waals surface area contributed by atoms with E-state index in [0.29, 0.717) is 12.0 Å². The van der Waals surface area contributed by atoms with E-state index in [4.69, 9.17) is 4.74 Å². The SMILES string of the molecule is CC1CCC(c2ccccc2)S(=O)(=O)N1Cc1ccc(N2CCC3(CCO3)CC2)cc1F. The summed E-state index contributed by atoms with van der Waals surface area (Å²) in [6.07, 6.45) is 4.42. The molecule has 7 heteroatoms. The quantitative estimate of drug-likeness (QED) is 0.670. The van der Waals surface area contributed by atoms with Crippen LogP contribution in [0.5, 0.6) is 0 Å². The largest absolute Gasteiger partial charge is 0.375 e. The molecular formula is C25H31FN2O3S. The molecule has 0 bridgehead atoms. The van der Waals surface area contributed by atoms with E-state index in [1.54, 1.807) is 12.1 Å². The van der Waals surface area contributed by atoms with E-state index in [9.17, 15) is 8.42 Å². The fourth-order valence-corrected chi connectivity index (χ4v) is 7.53. The molecule has 32 heavy (non-hydrogen) atoms. The first-order chi connectivity index (χ1) is 15.4. The molecule has 5 nitrogen and oxygen atoms in total. The smallest absolute Gasteiger partial charge is 0.221 e. The second kappa shape index (κ2) is 8.43. The van der Waals surface area contributed by atoms with E-state index >= 15 is 4.39 Å². The highest BCUT2D eigenvalue weighted by Gasteiger charge is 2.42. The Balaban J connectivity index is 1.32. The fraction of sp³-hybridized carbons (Fsp3) is 0.520. The monoisotopic (exact) mass is 458 g/mol. The predicted octanol–water partition coefficient (Wildman–Crippen LogP) is 4.64. The molecule has 3 aliphatic heterocycles. The van der Waals surface area contributed by atoms with Gasteiger partial charge in [-0.2, -0.15) is 4.31 Å². The number of ether oxygens (including phenoxy) is 1. The minimum Gasteiger partial charge on any atom is -0.375 e. The first-order valence-corrected chi connectivity index (χ1v) is 13.1. The average Bonchev–Trinajstić information content (AvgIpc) is 2.77. The average molecular weight is 459 g/mol. The van der Waals surface area contributed by atoms with Crippen LogP contribution >= 0.6 is 0 Å². The van der Waals surface area contributed by atoms with Crippen molar-refractivity contribution in [2.75, 3.05) is 24.6 Å². The van der Waals surface area contributed by atoms with Crippen LogP contribution in [0.3, 0.4) is 0 Å². The van der Waals surface area contributed by atoms with Gasteiger partial charge in [-0.1, -0.05) is 36.4 Å². The zero-order valence-electron chi connectivity index (χ0n) is 18.5. The highest BCUT2D eigenvalue weighted by molar-refractivity contribution is 7.89. The van der Waals surface area contributed by atoms with E-state index < -0.39 is 15.3 Å². The third-order valence-electron chi connectivity index (χ3n) is 7.56. The minimum absolute atomic E-state index is 0.0586. The van der Waals surface area contributed by atoms with Crippen molar-refractivity contribution in [1.29, 1.82) is 0 Å². The number of hydrogen-bond acceptors (Lipinski definition) is 4. The zero-order valence-corrected chi connectivity index (χ0v) is 19.4. The van der Waals surface area contributed by atoms with Crippen molar-refractivity contribution in [2.45, 2.75) is 62.5 Å². The number of benzene rings is 2. The van der Waals surface area contributed by atoms with Crippen LogP contribution in [-0.4, -0.2) is 44.1 Å². The van der Waals surface area contributed by atoms with Crippen molar-refractivity contribution >= 4 is 15.7 Å². The predicted molar refractivity (Wildman–Crippen MR) is 123 cm³/mol. The standard InChI is InChI=1S/C25H31FN2O3S/c1-19-7-10-24(20-5-3-2-4-6-20)32(29,30)28(19)18-21-8-9-22(17-23(21)26)27-14-11-25(12-15-27)13-16-31-25/h2-6,8-9,17,19,24H,7,10-16,18H2,1H3. The second-order valence-corrected chi connectivity index (χ2v) is 11.5. The van der Waals surface area contributed by atoms with Crippen LogP contribution in [0.25, 0.3) is 0 Å². The van der Waals surface area contributed by atoms with Crippen LogP contribution in [0.15, 0.2) is 48.5 Å². The summed E-state index contributed by atoms with van der Waals surface area (Å²) in [7, 11) is -3.58. The van der Waals surface area contributed by atoms with Gasteiger partial charge in [0, 0.05) is 36.9 Å². The summed E-state index contributed by atoms with van der Waals surface area (Å²) >= 11 is 0. The third kappa shape index (κ3) is 3.95. The van der Waals surface area contributed by atoms with Crippen molar-refractivity contribution in [2.24, 2.45) is 0 Å². The number of halogens is 1. The lowest BCUT2D eigenvalue weighted by Crippen LogP contribution is -2.52. The number of rotatable bonds is 4. The first kappa shape index (κ1) is 21.9. The van der Waals surface area contributed by atoms with Crippen molar-refractivity contribution in [1.82, 2.24) is 4.31 Å². The molecule has 3 aliphatic rings. The minimum atomic E-state index is -3.58. The van der Waals surface area contributed by atoms with Crippen LogP contribution in [-0.2, 0) is 21.3 Å². The van der Waals surface area contributed by atoms with Gasteiger partial charge in [0.05, 0.1) is 12.2 Å². The van der Waals surface area contributed by atoms with Crippen LogP contribution in [0.2, 0.25) is 0 Å². The molecule has 0 saturated carbocycles. The Morgan fingerprint density at radius 3 is 2.41 bits per heavy atom. The summed E-state index contributed by atoms with van der Waals surface area (Å²) in [6, 6.07) is 14.4. The molecule has 2 aromatic rings. The van der Waals surface area contributed by atoms with Gasteiger partial charge in [-0.3, -0.25) is 0 Å². The van der Waals surface area contributed by atoms with E-state index in [-0.39, 0.29) is 24.0 Å². The fourth-order valence-electron chi connectivity index (χ4n) is 5.34. The van der Waals surface area contributed by atoms with E-state index in [1.807, 2.05) is 43.3 Å². The molecular weight excluding hydrogens is 427 g/mol. The lowest BCUT2D eigenvalue weighted by molar-refractivity contribution is -0.158. The normalized spacial score (nSPS) is 27.2. The molecule has 0 N–H and O–H groups in total. The van der Waals surface area contributed by atoms with Gasteiger partial charge in [-0.05, 0) is 56.7 Å². The summed E-state index contributed by atoms with van der Waals surface area (Å²) in [4.78, 5) is 2.20. The zero-order chi connectivity index (χ0) is 22.3. The van der Waals surface area contributed by atoms with Gasteiger partial charge in [0.2, 0.25) is 10.0 Å². The molecule has 172 valence electrons. The Morgan fingerprint density at radius 1 is 1.06 bits per heavy atom. The lowest BCUT2D eigenvalue weighted by Gasteiger charge is -2.48. The number of piperidine rings is 1. The first-order valence-electron chi connectivity index (χ1n) is 11.6. The van der Waals surface area contributed by atoms with Gasteiger partial charge in [0.1, 0.15) is 11.1 Å². The molecule has 3 saturated heterocycles. The highest BCUT2D eigenvalue weighted by Crippen LogP contribution is 2.40. The van der Waals surface area contributed by atoms with Crippen molar-refractivity contribution in [3.05, 3.63) is 65.5 Å². The van der Waals surface area contributed by atoms with Gasteiger partial charge in [-0.25, -0.2) is 12.8 Å². The Kier molecular flexibility index (Phi) is 5.76. The summed E-state index contributed by atoms with van der Waals surface area (Å²) < 4.78 is 49.2. The summed E-state index contributed by atoms with van der Waals surface area (Å²) in [5, 5.41) is -0.573. The van der Waals surface area contributed by atoms with Crippen molar-refractivity contribution in [3.8, 4) is 0 Å². The second-order valence-electron chi connectivity index (χ2n) is 9.46. The van der Waals surface area contributed by atoms with Crippen molar-refractivity contribution in [3.63, 3.8) is 0 Å². The van der Waals surface area contributed by atoms with Gasteiger partial charge >= 0.3 is 0 Å². The number of anilines is 1. The van der Waals surface area contributed by atoms with Crippen molar-refractivity contribution < 1.29 is 17.5 Å². The summed E-state index contributed by atoms with van der Waals surface area (Å²) in [5.41, 5.74) is 2.15. The maximum absolute atomic E-state index is 15.1. The molecule has 2 unspecified atom stereocenters. The summed E-state index contributed by atoms with van der Waals surface area (Å²) in [5.74, 6) is -0.341. The van der Waals surface area contributed by atoms with Crippen LogP contribution in [0.1, 0.15) is 55.4 Å². The van der Waals surface area contributed by atoms with Gasteiger partial charge < -0.3 is 9.64 Å². The molecule has 0 aliphatic carbocycles. The molecule has 2 atom stereocenters. The van der Waals surface area contributed by atoms with Gasteiger partial charge in [-0.15, -0.1) is 0 Å².